The Hall–Kier alpha value is -1.46. The number of fused-ring (bicyclic) bond motifs is 5. The van der Waals surface area contributed by atoms with Crippen molar-refractivity contribution in [3.63, 3.8) is 0 Å². The van der Waals surface area contributed by atoms with Crippen molar-refractivity contribution in [1.29, 1.82) is 0 Å². The van der Waals surface area contributed by atoms with Gasteiger partial charge in [0, 0.05) is 5.41 Å². The van der Waals surface area contributed by atoms with Crippen molar-refractivity contribution in [2.75, 3.05) is 0 Å². The van der Waals surface area contributed by atoms with E-state index in [1.807, 2.05) is 0 Å². The van der Waals surface area contributed by atoms with Gasteiger partial charge in [-0.15, -0.1) is 6.42 Å². The summed E-state index contributed by atoms with van der Waals surface area (Å²) in [5, 5.41) is 11.2. The molecule has 5 rings (SSSR count). The van der Waals surface area contributed by atoms with E-state index in [1.54, 1.807) is 5.56 Å². The molecule has 3 fully saturated rings. The van der Waals surface area contributed by atoms with Crippen LogP contribution in [0.1, 0.15) is 88.2 Å². The predicted octanol–water partition coefficient (Wildman–Crippen LogP) is 5.62. The molecule has 28 heavy (non-hydrogen) atoms. The Labute approximate surface area is 170 Å². The van der Waals surface area contributed by atoms with Gasteiger partial charge < -0.3 is 9.84 Å². The zero-order valence-corrected chi connectivity index (χ0v) is 17.3. The molecular formula is C26H34O2. The fraction of sp³-hybridized carbons (Fsp3) is 0.692. The van der Waals surface area contributed by atoms with Crippen LogP contribution in [0, 0.1) is 29.6 Å². The van der Waals surface area contributed by atoms with Crippen LogP contribution in [0.25, 0.3) is 0 Å². The molecule has 2 nitrogen and oxygen atoms in total. The molecule has 3 saturated carbocycles. The molecule has 150 valence electrons. The van der Waals surface area contributed by atoms with Crippen LogP contribution in [-0.2, 0) is 6.42 Å². The summed E-state index contributed by atoms with van der Waals surface area (Å²) in [5.74, 6) is 5.72. The SMILES string of the molecule is C#C[C@]1(O)CCC[C@H]2[C@H]3CCc4cc(OC5CCCC5)ccc4[C@@H]3CC[C@@]21C. The molecule has 0 amide bonds. The first-order chi connectivity index (χ1) is 13.5. The van der Waals surface area contributed by atoms with Crippen molar-refractivity contribution in [2.45, 2.75) is 95.2 Å². The van der Waals surface area contributed by atoms with E-state index >= 15 is 0 Å². The fourth-order valence-electron chi connectivity index (χ4n) is 7.30. The monoisotopic (exact) mass is 378 g/mol. The number of terminal acetylenes is 1. The second-order valence-corrected chi connectivity index (χ2v) is 10.2. The Morgan fingerprint density at radius 2 is 1.89 bits per heavy atom. The number of hydrogen-bond acceptors (Lipinski definition) is 2. The summed E-state index contributed by atoms with van der Waals surface area (Å²) in [4.78, 5) is 0. The number of benzene rings is 1. The lowest BCUT2D eigenvalue weighted by atomic mass is 9.46. The van der Waals surface area contributed by atoms with Crippen LogP contribution in [0.3, 0.4) is 0 Å². The lowest BCUT2D eigenvalue weighted by molar-refractivity contribution is -0.138. The lowest BCUT2D eigenvalue weighted by Crippen LogP contribution is -2.57. The summed E-state index contributed by atoms with van der Waals surface area (Å²) in [6.45, 7) is 2.28. The number of ether oxygens (including phenoxy) is 1. The zero-order valence-electron chi connectivity index (χ0n) is 17.3. The van der Waals surface area contributed by atoms with E-state index in [9.17, 15) is 5.11 Å². The molecule has 2 heteroatoms. The molecule has 0 saturated heterocycles. The molecule has 4 aliphatic rings. The minimum atomic E-state index is -0.917. The molecule has 1 N–H and O–H groups in total. The number of rotatable bonds is 2. The van der Waals surface area contributed by atoms with Crippen LogP contribution in [0.4, 0.5) is 0 Å². The minimum Gasteiger partial charge on any atom is -0.490 e. The third-order valence-electron chi connectivity index (χ3n) is 8.93. The molecule has 1 aromatic rings. The second kappa shape index (κ2) is 6.81. The van der Waals surface area contributed by atoms with Crippen LogP contribution < -0.4 is 4.74 Å². The normalized spacial score (nSPS) is 40.1. The van der Waals surface area contributed by atoms with E-state index in [2.05, 4.69) is 31.0 Å². The smallest absolute Gasteiger partial charge is 0.130 e. The summed E-state index contributed by atoms with van der Waals surface area (Å²) in [6.07, 6.45) is 18.9. The maximum Gasteiger partial charge on any atom is 0.130 e. The highest BCUT2D eigenvalue weighted by Crippen LogP contribution is 2.62. The summed E-state index contributed by atoms with van der Waals surface area (Å²) < 4.78 is 6.27. The molecule has 0 radical (unpaired) electrons. The third kappa shape index (κ3) is 2.73. The molecule has 0 aliphatic heterocycles. The number of aryl methyl sites for hydroxylation is 1. The van der Waals surface area contributed by atoms with Crippen molar-refractivity contribution >= 4 is 0 Å². The molecular weight excluding hydrogens is 344 g/mol. The fourth-order valence-corrected chi connectivity index (χ4v) is 7.30. The molecule has 1 aromatic carbocycles. The summed E-state index contributed by atoms with van der Waals surface area (Å²) in [5.41, 5.74) is 2.01. The van der Waals surface area contributed by atoms with E-state index in [1.165, 1.54) is 44.1 Å². The van der Waals surface area contributed by atoms with E-state index in [0.29, 0.717) is 23.9 Å². The van der Waals surface area contributed by atoms with Crippen molar-refractivity contribution in [2.24, 2.45) is 17.3 Å². The minimum absolute atomic E-state index is 0.121. The average molecular weight is 379 g/mol. The van der Waals surface area contributed by atoms with Crippen LogP contribution in [0.15, 0.2) is 18.2 Å². The van der Waals surface area contributed by atoms with Crippen molar-refractivity contribution in [1.82, 2.24) is 0 Å². The van der Waals surface area contributed by atoms with Crippen molar-refractivity contribution in [3.8, 4) is 18.1 Å². The van der Waals surface area contributed by atoms with Gasteiger partial charge in [0.25, 0.3) is 0 Å². The van der Waals surface area contributed by atoms with Crippen molar-refractivity contribution in [3.05, 3.63) is 29.3 Å². The Balaban J connectivity index is 1.40. The first-order valence-corrected chi connectivity index (χ1v) is 11.5. The first-order valence-electron chi connectivity index (χ1n) is 11.5. The Kier molecular flexibility index (Phi) is 4.51. The Morgan fingerprint density at radius 1 is 1.07 bits per heavy atom. The van der Waals surface area contributed by atoms with Crippen molar-refractivity contribution < 1.29 is 9.84 Å². The quantitative estimate of drug-likeness (QED) is 0.677. The molecule has 4 aliphatic carbocycles. The standard InChI is InChI=1S/C26H34O2/c1-3-26(27)15-6-9-24-23-12-10-18-17-20(28-19-7-4-5-8-19)11-13-21(18)22(23)14-16-25(24,26)2/h1,11,13,17,19,22-24,27H,4-10,12,14-16H2,2H3/t22-,23-,24-,25-,26-/m0/s1. The van der Waals surface area contributed by atoms with Gasteiger partial charge in [-0.05, 0) is 112 Å². The van der Waals surface area contributed by atoms with E-state index in [-0.39, 0.29) is 5.41 Å². The van der Waals surface area contributed by atoms with Crippen LogP contribution in [0.5, 0.6) is 5.75 Å². The van der Waals surface area contributed by atoms with Gasteiger partial charge in [-0.25, -0.2) is 0 Å². The highest BCUT2D eigenvalue weighted by molar-refractivity contribution is 5.41. The van der Waals surface area contributed by atoms with Crippen LogP contribution >= 0.6 is 0 Å². The maximum atomic E-state index is 11.2. The van der Waals surface area contributed by atoms with Gasteiger partial charge in [-0.2, -0.15) is 0 Å². The molecule has 0 aromatic heterocycles. The van der Waals surface area contributed by atoms with Gasteiger partial charge in [-0.1, -0.05) is 18.9 Å². The second-order valence-electron chi connectivity index (χ2n) is 10.2. The molecule has 0 unspecified atom stereocenters. The molecule has 0 spiro atoms. The van der Waals surface area contributed by atoms with Gasteiger partial charge >= 0.3 is 0 Å². The van der Waals surface area contributed by atoms with Gasteiger partial charge in [0.15, 0.2) is 0 Å². The van der Waals surface area contributed by atoms with E-state index in [4.69, 9.17) is 11.2 Å². The summed E-state index contributed by atoms with van der Waals surface area (Å²) in [7, 11) is 0. The van der Waals surface area contributed by atoms with E-state index < -0.39 is 5.60 Å². The highest BCUT2D eigenvalue weighted by atomic mass is 16.5. The average Bonchev–Trinajstić information content (AvgIpc) is 3.21. The van der Waals surface area contributed by atoms with Gasteiger partial charge in [0.1, 0.15) is 11.4 Å². The molecule has 0 heterocycles. The molecule has 5 atom stereocenters. The van der Waals surface area contributed by atoms with Gasteiger partial charge in [0.05, 0.1) is 6.10 Å². The largest absolute Gasteiger partial charge is 0.490 e. The lowest BCUT2D eigenvalue weighted by Gasteiger charge is -2.59. The highest BCUT2D eigenvalue weighted by Gasteiger charge is 2.58. The molecule has 0 bridgehead atoms. The maximum absolute atomic E-state index is 11.2. The van der Waals surface area contributed by atoms with E-state index in [0.717, 1.165) is 37.9 Å². The predicted molar refractivity (Wildman–Crippen MR) is 112 cm³/mol. The number of hydrogen-bond donors (Lipinski definition) is 1. The third-order valence-corrected chi connectivity index (χ3v) is 8.93. The van der Waals surface area contributed by atoms with Crippen LogP contribution in [0.2, 0.25) is 0 Å². The Morgan fingerprint density at radius 3 is 2.68 bits per heavy atom. The Bertz CT molecular complexity index is 786. The first kappa shape index (κ1) is 18.6. The summed E-state index contributed by atoms with van der Waals surface area (Å²) >= 11 is 0. The van der Waals surface area contributed by atoms with Gasteiger partial charge in [0.2, 0.25) is 0 Å². The topological polar surface area (TPSA) is 29.5 Å². The zero-order chi connectivity index (χ0) is 19.4. The van der Waals surface area contributed by atoms with Gasteiger partial charge in [-0.3, -0.25) is 0 Å². The number of aliphatic hydroxyl groups is 1. The van der Waals surface area contributed by atoms with Crippen LogP contribution in [-0.4, -0.2) is 16.8 Å². The summed E-state index contributed by atoms with van der Waals surface area (Å²) in [6, 6.07) is 6.90.